The maximum absolute atomic E-state index is 3.41. The quantitative estimate of drug-likeness (QED) is 0.827. The zero-order chi connectivity index (χ0) is 11.2. The highest BCUT2D eigenvalue weighted by Crippen LogP contribution is 2.16. The number of aryl methyl sites for hydroxylation is 1. The van der Waals surface area contributed by atoms with Crippen molar-refractivity contribution in [2.45, 2.75) is 25.3 Å². The molecule has 0 radical (unpaired) electrons. The highest BCUT2D eigenvalue weighted by Gasteiger charge is 2.08. The molecule has 0 bridgehead atoms. The normalized spacial score (nSPS) is 12.8. The summed E-state index contributed by atoms with van der Waals surface area (Å²) in [7, 11) is 2.06. The molecule has 86 valence electrons. The van der Waals surface area contributed by atoms with Gasteiger partial charge in [-0.15, -0.1) is 22.7 Å². The molecule has 0 spiro atoms. The van der Waals surface area contributed by atoms with Crippen molar-refractivity contribution in [1.82, 2.24) is 5.32 Å². The average Bonchev–Trinajstić information content (AvgIpc) is 2.97. The molecular formula is C13H17NS2. The number of likely N-dealkylation sites (N-methyl/N-ethyl adjacent to an activating group) is 1. The summed E-state index contributed by atoms with van der Waals surface area (Å²) in [6.07, 6.45) is 3.56. The molecule has 0 aliphatic carbocycles. The first kappa shape index (κ1) is 11.8. The van der Waals surface area contributed by atoms with Crippen molar-refractivity contribution < 1.29 is 0 Å². The third-order valence-corrected chi connectivity index (χ3v) is 4.59. The molecule has 0 aliphatic heterocycles. The fraction of sp³-hybridized carbons (Fsp3) is 0.385. The Morgan fingerprint density at radius 1 is 1.12 bits per heavy atom. The molecule has 1 N–H and O–H groups in total. The van der Waals surface area contributed by atoms with Gasteiger partial charge in [0.15, 0.2) is 0 Å². The topological polar surface area (TPSA) is 12.0 Å². The van der Waals surface area contributed by atoms with E-state index in [2.05, 4.69) is 47.4 Å². The van der Waals surface area contributed by atoms with Gasteiger partial charge in [0.2, 0.25) is 0 Å². The third-order valence-electron chi connectivity index (χ3n) is 2.76. The van der Waals surface area contributed by atoms with Crippen LogP contribution in [0.2, 0.25) is 0 Å². The van der Waals surface area contributed by atoms with Crippen molar-refractivity contribution >= 4 is 22.7 Å². The molecule has 1 nitrogen and oxygen atoms in total. The summed E-state index contributed by atoms with van der Waals surface area (Å²) in [5.41, 5.74) is 0. The largest absolute Gasteiger partial charge is 0.317 e. The summed E-state index contributed by atoms with van der Waals surface area (Å²) in [6, 6.07) is 9.31. The van der Waals surface area contributed by atoms with Crippen LogP contribution in [0.3, 0.4) is 0 Å². The van der Waals surface area contributed by atoms with E-state index in [9.17, 15) is 0 Å². The van der Waals surface area contributed by atoms with Gasteiger partial charge in [0.25, 0.3) is 0 Å². The van der Waals surface area contributed by atoms with Crippen LogP contribution in [-0.4, -0.2) is 13.1 Å². The first-order valence-corrected chi connectivity index (χ1v) is 7.36. The first-order chi connectivity index (χ1) is 7.88. The van der Waals surface area contributed by atoms with Crippen molar-refractivity contribution in [1.29, 1.82) is 0 Å². The Kier molecular flexibility index (Phi) is 4.57. The average molecular weight is 251 g/mol. The van der Waals surface area contributed by atoms with Crippen LogP contribution in [0, 0.1) is 0 Å². The number of thiophene rings is 2. The fourth-order valence-corrected chi connectivity index (χ4v) is 3.30. The van der Waals surface area contributed by atoms with Gasteiger partial charge in [-0.1, -0.05) is 12.1 Å². The van der Waals surface area contributed by atoms with Gasteiger partial charge in [-0.2, -0.15) is 0 Å². The van der Waals surface area contributed by atoms with Gasteiger partial charge in [-0.3, -0.25) is 0 Å². The number of nitrogens with one attached hydrogen (secondary N) is 1. The second kappa shape index (κ2) is 6.18. The third kappa shape index (κ3) is 3.44. The lowest BCUT2D eigenvalue weighted by Gasteiger charge is -2.14. The monoisotopic (exact) mass is 251 g/mol. The Morgan fingerprint density at radius 2 is 1.81 bits per heavy atom. The van der Waals surface area contributed by atoms with Crippen LogP contribution in [0.25, 0.3) is 0 Å². The highest BCUT2D eigenvalue weighted by molar-refractivity contribution is 7.10. The Morgan fingerprint density at radius 3 is 2.38 bits per heavy atom. The maximum Gasteiger partial charge on any atom is 0.0116 e. The molecule has 0 saturated carbocycles. The zero-order valence-electron chi connectivity index (χ0n) is 9.48. The summed E-state index contributed by atoms with van der Waals surface area (Å²) in [6.45, 7) is 0. The smallest absolute Gasteiger partial charge is 0.0116 e. The molecule has 0 aromatic carbocycles. The van der Waals surface area contributed by atoms with Gasteiger partial charge in [0, 0.05) is 15.8 Å². The van der Waals surface area contributed by atoms with Crippen LogP contribution in [-0.2, 0) is 12.8 Å². The number of rotatable bonds is 6. The summed E-state index contributed by atoms with van der Waals surface area (Å²) in [5.74, 6) is 0. The van der Waals surface area contributed by atoms with Crippen LogP contribution in [0.1, 0.15) is 16.2 Å². The minimum absolute atomic E-state index is 0.598. The van der Waals surface area contributed by atoms with E-state index >= 15 is 0 Å². The molecule has 2 heterocycles. The molecule has 2 rings (SSSR count). The minimum atomic E-state index is 0.598. The lowest BCUT2D eigenvalue weighted by Crippen LogP contribution is -2.27. The summed E-state index contributed by atoms with van der Waals surface area (Å²) in [5, 5.41) is 7.72. The van der Waals surface area contributed by atoms with E-state index in [0.717, 1.165) is 6.42 Å². The van der Waals surface area contributed by atoms with Crippen LogP contribution >= 0.6 is 22.7 Å². The molecule has 2 aromatic rings. The summed E-state index contributed by atoms with van der Waals surface area (Å²) >= 11 is 3.71. The predicted molar refractivity (Wildman–Crippen MR) is 73.5 cm³/mol. The standard InChI is InChI=1S/C13H17NS2/c1-14-11(10-13-5-3-9-16-13)6-7-12-4-2-8-15-12/h2-5,8-9,11,14H,6-7,10H2,1H3. The van der Waals surface area contributed by atoms with Crippen LogP contribution in [0.15, 0.2) is 35.0 Å². The van der Waals surface area contributed by atoms with E-state index in [0.29, 0.717) is 6.04 Å². The van der Waals surface area contributed by atoms with E-state index in [1.54, 1.807) is 0 Å². The van der Waals surface area contributed by atoms with Crippen LogP contribution < -0.4 is 5.32 Å². The Balaban J connectivity index is 1.81. The number of hydrogen-bond donors (Lipinski definition) is 1. The van der Waals surface area contributed by atoms with Crippen LogP contribution in [0.5, 0.6) is 0 Å². The molecule has 1 atom stereocenters. The van der Waals surface area contributed by atoms with Crippen molar-refractivity contribution in [3.8, 4) is 0 Å². The predicted octanol–water partition coefficient (Wildman–Crippen LogP) is 3.57. The van der Waals surface area contributed by atoms with Gasteiger partial charge in [0.1, 0.15) is 0 Å². The van der Waals surface area contributed by atoms with Crippen molar-refractivity contribution in [3.63, 3.8) is 0 Å². The van der Waals surface area contributed by atoms with E-state index in [-0.39, 0.29) is 0 Å². The van der Waals surface area contributed by atoms with E-state index in [1.807, 2.05) is 22.7 Å². The SMILES string of the molecule is CNC(CCc1cccs1)Cc1cccs1. The van der Waals surface area contributed by atoms with E-state index < -0.39 is 0 Å². The second-order valence-electron chi connectivity index (χ2n) is 3.89. The number of hydrogen-bond acceptors (Lipinski definition) is 3. The van der Waals surface area contributed by atoms with E-state index in [4.69, 9.17) is 0 Å². The molecule has 2 aromatic heterocycles. The molecule has 0 saturated heterocycles. The van der Waals surface area contributed by atoms with Crippen molar-refractivity contribution in [3.05, 3.63) is 44.8 Å². The molecule has 0 fully saturated rings. The Hall–Kier alpha value is -0.640. The Bertz CT molecular complexity index is 378. The van der Waals surface area contributed by atoms with E-state index in [1.165, 1.54) is 22.6 Å². The maximum atomic E-state index is 3.41. The molecule has 3 heteroatoms. The van der Waals surface area contributed by atoms with Gasteiger partial charge in [0.05, 0.1) is 0 Å². The summed E-state index contributed by atoms with van der Waals surface area (Å²) < 4.78 is 0. The zero-order valence-corrected chi connectivity index (χ0v) is 11.1. The van der Waals surface area contributed by atoms with Crippen molar-refractivity contribution in [2.24, 2.45) is 0 Å². The lowest BCUT2D eigenvalue weighted by atomic mass is 10.1. The van der Waals surface area contributed by atoms with Crippen molar-refractivity contribution in [2.75, 3.05) is 7.05 Å². The lowest BCUT2D eigenvalue weighted by molar-refractivity contribution is 0.525. The van der Waals surface area contributed by atoms with Gasteiger partial charge >= 0.3 is 0 Å². The second-order valence-corrected chi connectivity index (χ2v) is 5.95. The van der Waals surface area contributed by atoms with Gasteiger partial charge in [-0.05, 0) is 49.2 Å². The van der Waals surface area contributed by atoms with Gasteiger partial charge in [-0.25, -0.2) is 0 Å². The molecule has 16 heavy (non-hydrogen) atoms. The van der Waals surface area contributed by atoms with Gasteiger partial charge < -0.3 is 5.32 Å². The Labute approximate surface area is 105 Å². The highest BCUT2D eigenvalue weighted by atomic mass is 32.1. The minimum Gasteiger partial charge on any atom is -0.317 e. The molecule has 0 aliphatic rings. The summed E-state index contributed by atoms with van der Waals surface area (Å²) in [4.78, 5) is 2.97. The molecular weight excluding hydrogens is 234 g/mol. The molecule has 0 amide bonds. The first-order valence-electron chi connectivity index (χ1n) is 5.60. The fourth-order valence-electron chi connectivity index (χ4n) is 1.79. The molecule has 1 unspecified atom stereocenters. The van der Waals surface area contributed by atoms with Crippen LogP contribution in [0.4, 0.5) is 0 Å².